The maximum absolute atomic E-state index is 12.2. The van der Waals surface area contributed by atoms with Gasteiger partial charge in [-0.1, -0.05) is 24.3 Å². The minimum atomic E-state index is -0.353. The van der Waals surface area contributed by atoms with Crippen LogP contribution in [0.3, 0.4) is 0 Å². The Kier molecular flexibility index (Phi) is 3.62. The van der Waals surface area contributed by atoms with Crippen LogP contribution in [0.4, 0.5) is 0 Å². The molecule has 20 heavy (non-hydrogen) atoms. The van der Waals surface area contributed by atoms with Crippen molar-refractivity contribution in [2.75, 3.05) is 0 Å². The van der Waals surface area contributed by atoms with Crippen molar-refractivity contribution in [2.24, 2.45) is 0 Å². The van der Waals surface area contributed by atoms with Gasteiger partial charge in [0.15, 0.2) is 0 Å². The number of aryl methyl sites for hydroxylation is 1. The Labute approximate surface area is 124 Å². The number of esters is 1. The number of ether oxygens (including phenoxy) is 1. The highest BCUT2D eigenvalue weighted by molar-refractivity contribution is 7.22. The predicted molar refractivity (Wildman–Crippen MR) is 81.6 cm³/mol. The Hall–Kier alpha value is -1.98. The first-order chi connectivity index (χ1) is 9.74. The molecule has 0 unspecified atom stereocenters. The summed E-state index contributed by atoms with van der Waals surface area (Å²) in [5.41, 5.74) is 0.708. The van der Waals surface area contributed by atoms with Crippen molar-refractivity contribution in [3.8, 4) is 15.6 Å². The number of thiazole rings is 1. The molecule has 3 rings (SSSR count). The van der Waals surface area contributed by atoms with Crippen LogP contribution in [0.15, 0.2) is 47.8 Å². The fraction of sp³-hybridized carbons (Fsp3) is 0.0667. The van der Waals surface area contributed by atoms with Gasteiger partial charge >= 0.3 is 5.97 Å². The van der Waals surface area contributed by atoms with Crippen LogP contribution in [0.2, 0.25) is 0 Å². The summed E-state index contributed by atoms with van der Waals surface area (Å²) in [5, 5.41) is 2.85. The van der Waals surface area contributed by atoms with Gasteiger partial charge in [0.2, 0.25) is 0 Å². The van der Waals surface area contributed by atoms with Gasteiger partial charge in [-0.3, -0.25) is 0 Å². The van der Waals surface area contributed by atoms with E-state index in [1.807, 2.05) is 42.6 Å². The third-order valence-electron chi connectivity index (χ3n) is 2.67. The smallest absolute Gasteiger partial charge is 0.355 e. The number of hydrogen-bond donors (Lipinski definition) is 0. The molecule has 0 saturated carbocycles. The first-order valence-corrected chi connectivity index (χ1v) is 7.72. The summed E-state index contributed by atoms with van der Waals surface area (Å²) in [6.45, 7) is 1.83. The SMILES string of the molecule is Cc1nc(-c2cccs2)sc1C(=O)Oc1ccccc1. The van der Waals surface area contributed by atoms with Crippen molar-refractivity contribution >= 4 is 28.6 Å². The highest BCUT2D eigenvalue weighted by Gasteiger charge is 2.18. The molecule has 2 heterocycles. The van der Waals surface area contributed by atoms with Gasteiger partial charge in [-0.05, 0) is 30.5 Å². The van der Waals surface area contributed by atoms with Crippen LogP contribution in [-0.4, -0.2) is 11.0 Å². The standard InChI is InChI=1S/C15H11NO2S2/c1-10-13(15(17)18-11-6-3-2-4-7-11)20-14(16-10)12-8-5-9-19-12/h2-9H,1H3. The van der Waals surface area contributed by atoms with Gasteiger partial charge < -0.3 is 4.74 Å². The highest BCUT2D eigenvalue weighted by Crippen LogP contribution is 2.31. The second-order valence-corrected chi connectivity index (χ2v) is 6.06. The first-order valence-electron chi connectivity index (χ1n) is 6.02. The quantitative estimate of drug-likeness (QED) is 0.531. The van der Waals surface area contributed by atoms with E-state index in [4.69, 9.17) is 4.74 Å². The largest absolute Gasteiger partial charge is 0.422 e. The summed E-state index contributed by atoms with van der Waals surface area (Å²) in [6.07, 6.45) is 0. The summed E-state index contributed by atoms with van der Waals surface area (Å²) >= 11 is 2.98. The molecule has 100 valence electrons. The summed E-state index contributed by atoms with van der Waals surface area (Å²) in [7, 11) is 0. The molecule has 0 aliphatic rings. The normalized spacial score (nSPS) is 10.4. The fourth-order valence-electron chi connectivity index (χ4n) is 1.73. The molecule has 0 aliphatic heterocycles. The van der Waals surface area contributed by atoms with Crippen molar-refractivity contribution in [2.45, 2.75) is 6.92 Å². The Morgan fingerprint density at radius 1 is 1.15 bits per heavy atom. The molecule has 0 saturated heterocycles. The molecule has 3 nitrogen and oxygen atoms in total. The van der Waals surface area contributed by atoms with E-state index in [0.29, 0.717) is 16.3 Å². The molecule has 2 aromatic heterocycles. The molecule has 3 aromatic rings. The molecular formula is C15H11NO2S2. The van der Waals surface area contributed by atoms with Gasteiger partial charge in [0.25, 0.3) is 0 Å². The van der Waals surface area contributed by atoms with Gasteiger partial charge in [-0.25, -0.2) is 9.78 Å². The van der Waals surface area contributed by atoms with E-state index in [1.165, 1.54) is 11.3 Å². The van der Waals surface area contributed by atoms with Gasteiger partial charge in [0.1, 0.15) is 15.6 Å². The zero-order valence-corrected chi connectivity index (χ0v) is 12.3. The Morgan fingerprint density at radius 3 is 2.65 bits per heavy atom. The highest BCUT2D eigenvalue weighted by atomic mass is 32.1. The number of carbonyl (C=O) groups excluding carboxylic acids is 1. The van der Waals surface area contributed by atoms with Crippen LogP contribution < -0.4 is 4.74 Å². The van der Waals surface area contributed by atoms with Crippen LogP contribution in [0.1, 0.15) is 15.4 Å². The van der Waals surface area contributed by atoms with Crippen molar-refractivity contribution in [3.63, 3.8) is 0 Å². The summed E-state index contributed by atoms with van der Waals surface area (Å²) < 4.78 is 5.35. The van der Waals surface area contributed by atoms with E-state index in [9.17, 15) is 4.79 Å². The van der Waals surface area contributed by atoms with E-state index in [1.54, 1.807) is 23.5 Å². The first kappa shape index (κ1) is 13.0. The Balaban J connectivity index is 1.85. The second kappa shape index (κ2) is 5.56. The van der Waals surface area contributed by atoms with Crippen LogP contribution in [0, 0.1) is 6.92 Å². The van der Waals surface area contributed by atoms with Crippen LogP contribution >= 0.6 is 22.7 Å². The van der Waals surface area contributed by atoms with Gasteiger partial charge in [-0.15, -0.1) is 22.7 Å². The summed E-state index contributed by atoms with van der Waals surface area (Å²) in [4.78, 5) is 18.2. The lowest BCUT2D eigenvalue weighted by molar-refractivity contribution is 0.0739. The van der Waals surface area contributed by atoms with Crippen molar-refractivity contribution in [1.82, 2.24) is 4.98 Å². The number of thiophene rings is 1. The van der Waals surface area contributed by atoms with Crippen molar-refractivity contribution < 1.29 is 9.53 Å². The van der Waals surface area contributed by atoms with Crippen LogP contribution in [0.5, 0.6) is 5.75 Å². The molecule has 0 radical (unpaired) electrons. The molecule has 0 atom stereocenters. The lowest BCUT2D eigenvalue weighted by atomic mass is 10.3. The molecule has 0 N–H and O–H groups in total. The van der Waals surface area contributed by atoms with Gasteiger partial charge in [-0.2, -0.15) is 0 Å². The summed E-state index contributed by atoms with van der Waals surface area (Å²) in [6, 6.07) is 13.0. The van der Waals surface area contributed by atoms with Crippen molar-refractivity contribution in [3.05, 3.63) is 58.4 Å². The minimum Gasteiger partial charge on any atom is -0.422 e. The monoisotopic (exact) mass is 301 g/mol. The molecule has 1 aromatic carbocycles. The molecule has 0 amide bonds. The zero-order valence-electron chi connectivity index (χ0n) is 10.7. The molecule has 0 bridgehead atoms. The number of nitrogens with zero attached hydrogens (tertiary/aromatic N) is 1. The molecule has 0 spiro atoms. The van der Waals surface area contributed by atoms with Gasteiger partial charge in [0.05, 0.1) is 10.6 Å². The van der Waals surface area contributed by atoms with Crippen LogP contribution in [-0.2, 0) is 0 Å². The maximum atomic E-state index is 12.2. The molecule has 0 aliphatic carbocycles. The number of benzene rings is 1. The third kappa shape index (κ3) is 2.64. The maximum Gasteiger partial charge on any atom is 0.355 e. The fourth-order valence-corrected chi connectivity index (χ4v) is 3.47. The minimum absolute atomic E-state index is 0.353. The predicted octanol–water partition coefficient (Wildman–Crippen LogP) is 4.40. The lowest BCUT2D eigenvalue weighted by Crippen LogP contribution is -2.07. The van der Waals surface area contributed by atoms with E-state index in [2.05, 4.69) is 4.98 Å². The third-order valence-corrected chi connectivity index (χ3v) is 4.84. The van der Waals surface area contributed by atoms with Crippen LogP contribution in [0.25, 0.3) is 9.88 Å². The zero-order chi connectivity index (χ0) is 13.9. The summed E-state index contributed by atoms with van der Waals surface area (Å²) in [5.74, 6) is 0.192. The second-order valence-electron chi connectivity index (χ2n) is 4.11. The van der Waals surface area contributed by atoms with E-state index in [-0.39, 0.29) is 5.97 Å². The van der Waals surface area contributed by atoms with E-state index < -0.39 is 0 Å². The number of para-hydroxylation sites is 1. The Bertz CT molecular complexity index is 718. The molecular weight excluding hydrogens is 290 g/mol. The van der Waals surface area contributed by atoms with E-state index in [0.717, 1.165) is 9.88 Å². The number of carbonyl (C=O) groups is 1. The number of rotatable bonds is 3. The Morgan fingerprint density at radius 2 is 1.95 bits per heavy atom. The molecule has 0 fully saturated rings. The van der Waals surface area contributed by atoms with Gasteiger partial charge in [0, 0.05) is 0 Å². The van der Waals surface area contributed by atoms with E-state index >= 15 is 0 Å². The average molecular weight is 301 g/mol. The molecule has 5 heteroatoms. The van der Waals surface area contributed by atoms with Crippen molar-refractivity contribution in [1.29, 1.82) is 0 Å². The lowest BCUT2D eigenvalue weighted by Gasteiger charge is -2.01. The number of aromatic nitrogens is 1. The number of hydrogen-bond acceptors (Lipinski definition) is 5. The topological polar surface area (TPSA) is 39.2 Å². The average Bonchev–Trinajstić information content (AvgIpc) is 3.08.